The van der Waals surface area contributed by atoms with Crippen molar-refractivity contribution >= 4 is 5.97 Å². The Balaban J connectivity index is 1.74. The second kappa shape index (κ2) is 6.71. The summed E-state index contributed by atoms with van der Waals surface area (Å²) in [4.78, 5) is 12.7. The van der Waals surface area contributed by atoms with Crippen molar-refractivity contribution in [3.63, 3.8) is 0 Å². The third-order valence-electron chi connectivity index (χ3n) is 3.88. The number of aryl methyl sites for hydroxylation is 2. The SMILES string of the molecule is CN(CCCC(=O)O)CCc1ccc2c(c1)CCC2. The Hall–Kier alpha value is -1.35. The maximum absolute atomic E-state index is 10.4. The predicted octanol–water partition coefficient (Wildman–Crippen LogP) is 2.51. The lowest BCUT2D eigenvalue weighted by Crippen LogP contribution is -2.23. The molecule has 2 rings (SSSR count). The van der Waals surface area contributed by atoms with Gasteiger partial charge in [-0.1, -0.05) is 18.2 Å². The Morgan fingerprint density at radius 2 is 2.05 bits per heavy atom. The van der Waals surface area contributed by atoms with E-state index in [1.165, 1.54) is 36.0 Å². The lowest BCUT2D eigenvalue weighted by molar-refractivity contribution is -0.137. The summed E-state index contributed by atoms with van der Waals surface area (Å²) in [6.07, 6.45) is 5.83. The normalized spacial score (nSPS) is 13.8. The van der Waals surface area contributed by atoms with Gasteiger partial charge in [-0.05, 0) is 62.4 Å². The molecule has 0 aliphatic heterocycles. The number of carboxylic acids is 1. The van der Waals surface area contributed by atoms with Crippen molar-refractivity contribution in [3.8, 4) is 0 Å². The number of carboxylic acid groups (broad SMARTS) is 1. The second-order valence-electron chi connectivity index (χ2n) is 5.51. The van der Waals surface area contributed by atoms with Crippen molar-refractivity contribution in [2.75, 3.05) is 20.1 Å². The molecule has 0 atom stereocenters. The van der Waals surface area contributed by atoms with Gasteiger partial charge in [0.25, 0.3) is 0 Å². The first kappa shape index (κ1) is 14.1. The van der Waals surface area contributed by atoms with Crippen LogP contribution in [0.2, 0.25) is 0 Å². The molecule has 104 valence electrons. The Bertz CT molecular complexity index is 442. The van der Waals surface area contributed by atoms with Gasteiger partial charge in [0.2, 0.25) is 0 Å². The van der Waals surface area contributed by atoms with Crippen LogP contribution in [0.4, 0.5) is 0 Å². The molecule has 0 unspecified atom stereocenters. The van der Waals surface area contributed by atoms with Crippen LogP contribution in [-0.2, 0) is 24.1 Å². The standard InChI is InChI=1S/C16H23NO2/c1-17(10-3-6-16(18)19)11-9-13-7-8-14-4-2-5-15(14)12-13/h7-8,12H,2-6,9-11H2,1H3,(H,18,19). The second-order valence-corrected chi connectivity index (χ2v) is 5.51. The fraction of sp³-hybridized carbons (Fsp3) is 0.562. The van der Waals surface area contributed by atoms with Gasteiger partial charge in [-0.3, -0.25) is 4.79 Å². The van der Waals surface area contributed by atoms with Gasteiger partial charge >= 0.3 is 5.97 Å². The fourth-order valence-corrected chi connectivity index (χ4v) is 2.71. The van der Waals surface area contributed by atoms with E-state index in [0.717, 1.165) is 25.9 Å². The molecule has 0 saturated heterocycles. The molecule has 0 saturated carbocycles. The van der Waals surface area contributed by atoms with Crippen molar-refractivity contribution in [2.45, 2.75) is 38.5 Å². The third-order valence-corrected chi connectivity index (χ3v) is 3.88. The summed E-state index contributed by atoms with van der Waals surface area (Å²) in [5, 5.41) is 8.61. The molecule has 0 aromatic heterocycles. The van der Waals surface area contributed by atoms with E-state index in [1.807, 2.05) is 0 Å². The number of hydrogen-bond donors (Lipinski definition) is 1. The van der Waals surface area contributed by atoms with Gasteiger partial charge in [0.1, 0.15) is 0 Å². The summed E-state index contributed by atoms with van der Waals surface area (Å²) in [5.74, 6) is -0.702. The predicted molar refractivity (Wildman–Crippen MR) is 76.5 cm³/mol. The minimum atomic E-state index is -0.702. The van der Waals surface area contributed by atoms with Crippen LogP contribution in [-0.4, -0.2) is 36.1 Å². The fourth-order valence-electron chi connectivity index (χ4n) is 2.71. The highest BCUT2D eigenvalue weighted by molar-refractivity contribution is 5.66. The van der Waals surface area contributed by atoms with Crippen LogP contribution in [0.15, 0.2) is 18.2 Å². The number of likely N-dealkylation sites (N-methyl/N-ethyl adjacent to an activating group) is 1. The third kappa shape index (κ3) is 4.35. The van der Waals surface area contributed by atoms with E-state index >= 15 is 0 Å². The van der Waals surface area contributed by atoms with Crippen LogP contribution in [0.5, 0.6) is 0 Å². The van der Waals surface area contributed by atoms with Gasteiger partial charge in [-0.15, -0.1) is 0 Å². The zero-order chi connectivity index (χ0) is 13.7. The molecule has 1 aromatic rings. The number of hydrogen-bond acceptors (Lipinski definition) is 2. The Kier molecular flexibility index (Phi) is 4.97. The highest BCUT2D eigenvalue weighted by Crippen LogP contribution is 2.22. The molecule has 3 nitrogen and oxygen atoms in total. The first-order valence-corrected chi connectivity index (χ1v) is 7.16. The molecule has 1 aliphatic rings. The van der Waals surface area contributed by atoms with Crippen LogP contribution in [0.25, 0.3) is 0 Å². The average Bonchev–Trinajstić information content (AvgIpc) is 2.83. The molecular weight excluding hydrogens is 238 g/mol. The van der Waals surface area contributed by atoms with Crippen molar-refractivity contribution in [2.24, 2.45) is 0 Å². The highest BCUT2D eigenvalue weighted by Gasteiger charge is 2.10. The van der Waals surface area contributed by atoms with Gasteiger partial charge in [-0.2, -0.15) is 0 Å². The summed E-state index contributed by atoms with van der Waals surface area (Å²) in [5.41, 5.74) is 4.47. The molecule has 19 heavy (non-hydrogen) atoms. The number of rotatable bonds is 7. The van der Waals surface area contributed by atoms with Crippen LogP contribution in [0.1, 0.15) is 36.0 Å². The first-order valence-electron chi connectivity index (χ1n) is 7.16. The minimum absolute atomic E-state index is 0.267. The summed E-state index contributed by atoms with van der Waals surface area (Å²) in [6.45, 7) is 1.86. The van der Waals surface area contributed by atoms with E-state index in [4.69, 9.17) is 5.11 Å². The molecule has 1 aliphatic carbocycles. The van der Waals surface area contributed by atoms with E-state index in [-0.39, 0.29) is 6.42 Å². The van der Waals surface area contributed by atoms with Gasteiger partial charge in [0.15, 0.2) is 0 Å². The zero-order valence-electron chi connectivity index (χ0n) is 11.7. The van der Waals surface area contributed by atoms with E-state index in [0.29, 0.717) is 0 Å². The molecule has 1 N–H and O–H groups in total. The first-order chi connectivity index (χ1) is 9.15. The van der Waals surface area contributed by atoms with Crippen LogP contribution in [0, 0.1) is 0 Å². The molecule has 1 aromatic carbocycles. The van der Waals surface area contributed by atoms with Gasteiger partial charge in [0.05, 0.1) is 0 Å². The van der Waals surface area contributed by atoms with E-state index in [9.17, 15) is 4.79 Å². The smallest absolute Gasteiger partial charge is 0.303 e. The van der Waals surface area contributed by atoms with Crippen LogP contribution in [0.3, 0.4) is 0 Å². The number of nitrogens with zero attached hydrogens (tertiary/aromatic N) is 1. The Labute approximate surface area is 115 Å². The van der Waals surface area contributed by atoms with Crippen LogP contribution >= 0.6 is 0 Å². The minimum Gasteiger partial charge on any atom is -0.481 e. The van der Waals surface area contributed by atoms with Crippen LogP contribution < -0.4 is 0 Å². The summed E-state index contributed by atoms with van der Waals surface area (Å²) < 4.78 is 0. The van der Waals surface area contributed by atoms with E-state index in [2.05, 4.69) is 30.1 Å². The van der Waals surface area contributed by atoms with Gasteiger partial charge in [-0.25, -0.2) is 0 Å². The van der Waals surface area contributed by atoms with E-state index < -0.39 is 5.97 Å². The largest absolute Gasteiger partial charge is 0.481 e. The summed E-state index contributed by atoms with van der Waals surface area (Å²) in [7, 11) is 2.06. The maximum Gasteiger partial charge on any atom is 0.303 e. The summed E-state index contributed by atoms with van der Waals surface area (Å²) >= 11 is 0. The molecule has 3 heteroatoms. The monoisotopic (exact) mass is 261 g/mol. The average molecular weight is 261 g/mol. The molecular formula is C16H23NO2. The Morgan fingerprint density at radius 1 is 1.26 bits per heavy atom. The van der Waals surface area contributed by atoms with Gasteiger partial charge in [0, 0.05) is 13.0 Å². The molecule has 0 fully saturated rings. The molecule has 0 bridgehead atoms. The molecule has 0 heterocycles. The topological polar surface area (TPSA) is 40.5 Å². The Morgan fingerprint density at radius 3 is 2.84 bits per heavy atom. The zero-order valence-corrected chi connectivity index (χ0v) is 11.7. The van der Waals surface area contributed by atoms with E-state index in [1.54, 1.807) is 0 Å². The van der Waals surface area contributed by atoms with Crippen molar-refractivity contribution in [1.29, 1.82) is 0 Å². The highest BCUT2D eigenvalue weighted by atomic mass is 16.4. The van der Waals surface area contributed by atoms with Crippen molar-refractivity contribution < 1.29 is 9.90 Å². The van der Waals surface area contributed by atoms with Crippen molar-refractivity contribution in [3.05, 3.63) is 34.9 Å². The lowest BCUT2D eigenvalue weighted by atomic mass is 10.0. The molecule has 0 radical (unpaired) electrons. The quantitative estimate of drug-likeness (QED) is 0.820. The number of benzene rings is 1. The number of carbonyl (C=O) groups is 1. The maximum atomic E-state index is 10.4. The molecule has 0 spiro atoms. The lowest BCUT2D eigenvalue weighted by Gasteiger charge is -2.16. The summed E-state index contributed by atoms with van der Waals surface area (Å²) in [6, 6.07) is 6.88. The number of fused-ring (bicyclic) bond motifs is 1. The number of aliphatic carboxylic acids is 1. The van der Waals surface area contributed by atoms with Crippen molar-refractivity contribution in [1.82, 2.24) is 4.90 Å². The van der Waals surface area contributed by atoms with Gasteiger partial charge < -0.3 is 10.0 Å². The molecule has 0 amide bonds.